The third-order valence-corrected chi connectivity index (χ3v) is 3.72. The van der Waals surface area contributed by atoms with Gasteiger partial charge in [0, 0.05) is 5.02 Å². The molecule has 98 valence electrons. The first-order valence-electron chi connectivity index (χ1n) is 6.37. The van der Waals surface area contributed by atoms with Crippen molar-refractivity contribution in [3.8, 4) is 16.9 Å². The number of hydrogen-bond acceptors (Lipinski definition) is 1. The van der Waals surface area contributed by atoms with E-state index in [0.717, 1.165) is 29.5 Å². The lowest BCUT2D eigenvalue weighted by molar-refractivity contribution is 0.288. The van der Waals surface area contributed by atoms with Crippen molar-refractivity contribution in [2.75, 3.05) is 6.61 Å². The van der Waals surface area contributed by atoms with Gasteiger partial charge < -0.3 is 4.74 Å². The van der Waals surface area contributed by atoms with E-state index in [0.29, 0.717) is 22.9 Å². The minimum absolute atomic E-state index is 0.244. The maximum absolute atomic E-state index is 14.2. The maximum Gasteiger partial charge on any atom is 0.134 e. The van der Waals surface area contributed by atoms with E-state index in [1.807, 2.05) is 25.1 Å². The first-order chi connectivity index (χ1) is 9.16. The van der Waals surface area contributed by atoms with Crippen molar-refractivity contribution in [1.82, 2.24) is 0 Å². The van der Waals surface area contributed by atoms with Crippen LogP contribution in [0, 0.1) is 12.7 Å². The van der Waals surface area contributed by atoms with Gasteiger partial charge in [0.15, 0.2) is 0 Å². The van der Waals surface area contributed by atoms with E-state index in [9.17, 15) is 4.39 Å². The van der Waals surface area contributed by atoms with Crippen LogP contribution in [0.1, 0.15) is 17.5 Å². The average molecular weight is 277 g/mol. The van der Waals surface area contributed by atoms with Crippen LogP contribution in [0.4, 0.5) is 4.39 Å². The summed E-state index contributed by atoms with van der Waals surface area (Å²) in [5.74, 6) is 0.447. The Morgan fingerprint density at radius 2 is 2.05 bits per heavy atom. The fourth-order valence-electron chi connectivity index (χ4n) is 2.56. The van der Waals surface area contributed by atoms with Crippen LogP contribution >= 0.6 is 11.6 Å². The molecule has 0 atom stereocenters. The second kappa shape index (κ2) is 4.86. The molecule has 0 saturated carbocycles. The molecule has 0 fully saturated rings. The van der Waals surface area contributed by atoms with Gasteiger partial charge >= 0.3 is 0 Å². The maximum atomic E-state index is 14.2. The highest BCUT2D eigenvalue weighted by Crippen LogP contribution is 2.40. The Labute approximate surface area is 117 Å². The zero-order valence-corrected chi connectivity index (χ0v) is 11.4. The van der Waals surface area contributed by atoms with Gasteiger partial charge in [-0.3, -0.25) is 0 Å². The van der Waals surface area contributed by atoms with E-state index in [1.54, 1.807) is 6.07 Å². The smallest absolute Gasteiger partial charge is 0.134 e. The molecule has 1 nitrogen and oxygen atoms in total. The van der Waals surface area contributed by atoms with Crippen LogP contribution in [-0.2, 0) is 6.42 Å². The van der Waals surface area contributed by atoms with Crippen molar-refractivity contribution in [2.45, 2.75) is 19.8 Å². The molecule has 3 heteroatoms. The van der Waals surface area contributed by atoms with Crippen LogP contribution < -0.4 is 4.74 Å². The van der Waals surface area contributed by atoms with E-state index in [4.69, 9.17) is 16.3 Å². The van der Waals surface area contributed by atoms with Gasteiger partial charge in [-0.25, -0.2) is 4.39 Å². The predicted molar refractivity (Wildman–Crippen MR) is 75.4 cm³/mol. The number of fused-ring (bicyclic) bond motifs is 1. The summed E-state index contributed by atoms with van der Waals surface area (Å²) in [4.78, 5) is 0. The Balaban J connectivity index is 2.24. The van der Waals surface area contributed by atoms with E-state index < -0.39 is 0 Å². The minimum Gasteiger partial charge on any atom is -0.493 e. The number of aryl methyl sites for hydroxylation is 2. The van der Waals surface area contributed by atoms with Crippen LogP contribution in [0.2, 0.25) is 5.02 Å². The van der Waals surface area contributed by atoms with Crippen molar-refractivity contribution in [2.24, 2.45) is 0 Å². The standard InChI is InChI=1S/C16H14ClFO/c1-10-9-12(17)5-6-13(10)15-14(18)7-4-11-3-2-8-19-16(11)15/h4-7,9H,2-3,8H2,1H3. The Kier molecular flexibility index (Phi) is 3.19. The lowest BCUT2D eigenvalue weighted by Gasteiger charge is -2.21. The summed E-state index contributed by atoms with van der Waals surface area (Å²) in [5.41, 5.74) is 3.44. The van der Waals surface area contributed by atoms with E-state index in [1.165, 1.54) is 6.07 Å². The van der Waals surface area contributed by atoms with Crippen LogP contribution in [0.25, 0.3) is 11.1 Å². The summed E-state index contributed by atoms with van der Waals surface area (Å²) in [6.45, 7) is 2.58. The number of rotatable bonds is 1. The highest BCUT2D eigenvalue weighted by atomic mass is 35.5. The van der Waals surface area contributed by atoms with Gasteiger partial charge in [-0.05, 0) is 54.7 Å². The number of benzene rings is 2. The second-order valence-electron chi connectivity index (χ2n) is 4.82. The molecule has 0 unspecified atom stereocenters. The van der Waals surface area contributed by atoms with Gasteiger partial charge in [0.1, 0.15) is 11.6 Å². The summed E-state index contributed by atoms with van der Waals surface area (Å²) < 4.78 is 19.9. The predicted octanol–water partition coefficient (Wildman–Crippen LogP) is 4.78. The van der Waals surface area contributed by atoms with Crippen LogP contribution in [-0.4, -0.2) is 6.61 Å². The molecular weight excluding hydrogens is 263 g/mol. The Morgan fingerprint density at radius 1 is 1.21 bits per heavy atom. The molecule has 0 spiro atoms. The summed E-state index contributed by atoms with van der Waals surface area (Å²) in [6.07, 6.45) is 1.92. The molecule has 3 rings (SSSR count). The highest BCUT2D eigenvalue weighted by molar-refractivity contribution is 6.30. The Morgan fingerprint density at radius 3 is 2.84 bits per heavy atom. The SMILES string of the molecule is Cc1cc(Cl)ccc1-c1c(F)ccc2c1OCCC2. The fraction of sp³-hybridized carbons (Fsp3) is 0.250. The second-order valence-corrected chi connectivity index (χ2v) is 5.26. The van der Waals surface area contributed by atoms with Crippen LogP contribution in [0.3, 0.4) is 0 Å². The van der Waals surface area contributed by atoms with Crippen molar-refractivity contribution in [3.63, 3.8) is 0 Å². The third kappa shape index (κ3) is 2.21. The van der Waals surface area contributed by atoms with Gasteiger partial charge in [0.25, 0.3) is 0 Å². The first kappa shape index (κ1) is 12.5. The largest absolute Gasteiger partial charge is 0.493 e. The van der Waals surface area contributed by atoms with Crippen molar-refractivity contribution < 1.29 is 9.13 Å². The van der Waals surface area contributed by atoms with Gasteiger partial charge in [-0.2, -0.15) is 0 Å². The molecule has 2 aromatic carbocycles. The Bertz CT molecular complexity index is 637. The Hall–Kier alpha value is -1.54. The van der Waals surface area contributed by atoms with Gasteiger partial charge in [-0.15, -0.1) is 0 Å². The van der Waals surface area contributed by atoms with Crippen LogP contribution in [0.15, 0.2) is 30.3 Å². The highest BCUT2D eigenvalue weighted by Gasteiger charge is 2.20. The molecule has 2 aromatic rings. The summed E-state index contributed by atoms with van der Waals surface area (Å²) >= 11 is 5.96. The number of halogens is 2. The summed E-state index contributed by atoms with van der Waals surface area (Å²) in [5, 5.41) is 0.660. The van der Waals surface area contributed by atoms with Gasteiger partial charge in [0.2, 0.25) is 0 Å². The van der Waals surface area contributed by atoms with Crippen molar-refractivity contribution in [3.05, 3.63) is 52.3 Å². The topological polar surface area (TPSA) is 9.23 Å². The molecule has 1 aliphatic rings. The molecule has 0 amide bonds. The summed E-state index contributed by atoms with van der Waals surface area (Å²) in [6, 6.07) is 8.83. The molecule has 0 aliphatic carbocycles. The van der Waals surface area contributed by atoms with Crippen molar-refractivity contribution >= 4 is 11.6 Å². The molecule has 19 heavy (non-hydrogen) atoms. The van der Waals surface area contributed by atoms with Crippen LogP contribution in [0.5, 0.6) is 5.75 Å². The van der Waals surface area contributed by atoms with E-state index >= 15 is 0 Å². The lowest BCUT2D eigenvalue weighted by Crippen LogP contribution is -2.10. The molecular formula is C16H14ClFO. The van der Waals surface area contributed by atoms with E-state index in [-0.39, 0.29) is 5.82 Å². The fourth-order valence-corrected chi connectivity index (χ4v) is 2.79. The van der Waals surface area contributed by atoms with Gasteiger partial charge in [-0.1, -0.05) is 23.7 Å². The summed E-state index contributed by atoms with van der Waals surface area (Å²) in [7, 11) is 0. The van der Waals surface area contributed by atoms with Gasteiger partial charge in [0.05, 0.1) is 12.2 Å². The molecule has 1 aliphatic heterocycles. The average Bonchev–Trinajstić information content (AvgIpc) is 2.40. The zero-order chi connectivity index (χ0) is 13.4. The minimum atomic E-state index is -0.244. The third-order valence-electron chi connectivity index (χ3n) is 3.48. The lowest BCUT2D eigenvalue weighted by atomic mass is 9.94. The quantitative estimate of drug-likeness (QED) is 0.728. The molecule has 1 heterocycles. The number of ether oxygens (including phenoxy) is 1. The first-order valence-corrected chi connectivity index (χ1v) is 6.75. The molecule has 0 saturated heterocycles. The molecule has 0 bridgehead atoms. The molecule has 0 radical (unpaired) electrons. The van der Waals surface area contributed by atoms with Crippen molar-refractivity contribution in [1.29, 1.82) is 0 Å². The molecule has 0 N–H and O–H groups in total. The zero-order valence-electron chi connectivity index (χ0n) is 10.7. The van der Waals surface area contributed by atoms with E-state index in [2.05, 4.69) is 0 Å². The molecule has 0 aromatic heterocycles. The normalized spacial score (nSPS) is 13.8. The monoisotopic (exact) mass is 276 g/mol. The number of hydrogen-bond donors (Lipinski definition) is 0.